The molecule has 0 spiro atoms. The van der Waals surface area contributed by atoms with Crippen LogP contribution in [-0.4, -0.2) is 102 Å². The molecule has 0 saturated carbocycles. The summed E-state index contributed by atoms with van der Waals surface area (Å²) >= 11 is 1.08. The molecule has 1 heterocycles. The van der Waals surface area contributed by atoms with Gasteiger partial charge in [0.05, 0.1) is 18.1 Å². The topological polar surface area (TPSA) is 13.1 Å². The summed E-state index contributed by atoms with van der Waals surface area (Å²) in [6, 6.07) is 7.58. The zero-order valence-electron chi connectivity index (χ0n) is 37.0. The Bertz CT molecular complexity index is 2470. The van der Waals surface area contributed by atoms with E-state index in [4.69, 9.17) is 4.74 Å². The van der Waals surface area contributed by atoms with Crippen LogP contribution < -0.4 is 4.57 Å². The minimum Gasteiger partial charge on any atom is -0.376 e. The highest BCUT2D eigenvalue weighted by molar-refractivity contribution is 7.09. The van der Waals surface area contributed by atoms with E-state index in [1.807, 2.05) is 0 Å². The predicted octanol–water partition coefficient (Wildman–Crippen LogP) is 16.0. The van der Waals surface area contributed by atoms with Gasteiger partial charge in [-0.25, -0.2) is 0 Å². The number of nitrogens with zero attached hydrogens (tertiary/aromatic N) is 1. The van der Waals surface area contributed by atoms with Gasteiger partial charge in [0.25, 0.3) is 0 Å². The molecule has 0 saturated heterocycles. The highest BCUT2D eigenvalue weighted by Gasteiger charge is 2.97. The smallest absolute Gasteiger partial charge is 0.376 e. The van der Waals surface area contributed by atoms with Gasteiger partial charge < -0.3 is 4.74 Å². The van der Waals surface area contributed by atoms with E-state index in [0.717, 1.165) is 59.9 Å². The predicted molar refractivity (Wildman–Crippen MR) is 193 cm³/mol. The van der Waals surface area contributed by atoms with E-state index in [9.17, 15) is 149 Å². The number of ether oxygens (including phenoxy) is 1. The van der Waals surface area contributed by atoms with Gasteiger partial charge in [0.15, 0.2) is 12.2 Å². The van der Waals surface area contributed by atoms with Crippen molar-refractivity contribution in [3.63, 3.8) is 0 Å². The molecule has 2 nitrogen and oxygen atoms in total. The first-order valence-electron chi connectivity index (χ1n) is 20.1. The molecule has 0 amide bonds. The number of halogens is 34. The second-order valence-electron chi connectivity index (χ2n) is 16.6. The molecule has 77 heavy (non-hydrogen) atoms. The molecule has 0 fully saturated rings. The monoisotopic (exact) mass is 1220 g/mol. The van der Waals surface area contributed by atoms with Crippen LogP contribution >= 0.6 is 11.3 Å². The quantitative estimate of drug-likeness (QED) is 0.0468. The molecular weight excluding hydrogens is 1190 g/mol. The van der Waals surface area contributed by atoms with Crippen molar-refractivity contribution in [2.24, 2.45) is 0 Å². The molecule has 0 aliphatic carbocycles. The maximum atomic E-state index is 14.4. The summed E-state index contributed by atoms with van der Waals surface area (Å²) in [5.74, 6) is -114. The second-order valence-corrected chi connectivity index (χ2v) is 17.5. The Balaban J connectivity index is 1.60. The van der Waals surface area contributed by atoms with Crippen LogP contribution in [0.25, 0.3) is 0 Å². The van der Waals surface area contributed by atoms with Crippen molar-refractivity contribution in [2.75, 3.05) is 6.61 Å². The van der Waals surface area contributed by atoms with E-state index >= 15 is 0 Å². The number of aryl methyl sites for hydroxylation is 2. The number of benzene rings is 2. The third kappa shape index (κ3) is 11.0. The number of thiazole rings is 1. The Morgan fingerprint density at radius 1 is 0.351 bits per heavy atom. The van der Waals surface area contributed by atoms with Crippen LogP contribution in [0.15, 0.2) is 54.0 Å². The lowest BCUT2D eigenvalue weighted by atomic mass is 9.87. The Kier molecular flexibility index (Phi) is 17.9. The lowest BCUT2D eigenvalue weighted by molar-refractivity contribution is -0.689. The molecule has 0 N–H and O–H groups in total. The van der Waals surface area contributed by atoms with E-state index < -0.39 is 132 Å². The maximum absolute atomic E-state index is 14.4. The van der Waals surface area contributed by atoms with Crippen LogP contribution in [0.5, 0.6) is 0 Å². The number of alkyl halides is 34. The molecule has 0 aliphatic heterocycles. The van der Waals surface area contributed by atoms with Crippen molar-refractivity contribution in [3.8, 4) is 0 Å². The van der Waals surface area contributed by atoms with Gasteiger partial charge in [-0.1, -0.05) is 59.9 Å². The van der Waals surface area contributed by atoms with Crippen LogP contribution in [-0.2, 0) is 37.2 Å². The Morgan fingerprint density at radius 3 is 0.935 bits per heavy atom. The molecule has 0 atom stereocenters. The Hall–Kier alpha value is -4.35. The molecule has 2 aromatic carbocycles. The van der Waals surface area contributed by atoms with Gasteiger partial charge in [-0.15, -0.1) is 0 Å². The first kappa shape index (κ1) is 66.9. The molecular formula is C40H28F34NOS+. The van der Waals surface area contributed by atoms with Crippen molar-refractivity contribution in [3.05, 3.63) is 86.9 Å². The fourth-order valence-electron chi connectivity index (χ4n) is 6.32. The first-order valence-corrected chi connectivity index (χ1v) is 21.0. The van der Waals surface area contributed by atoms with Gasteiger partial charge in [0.1, 0.15) is 0 Å². The first-order chi connectivity index (χ1) is 34.0. The fourth-order valence-corrected chi connectivity index (χ4v) is 7.30. The van der Waals surface area contributed by atoms with Crippen molar-refractivity contribution >= 4 is 11.3 Å². The summed E-state index contributed by atoms with van der Waals surface area (Å²) in [7, 11) is 0. The summed E-state index contributed by atoms with van der Waals surface area (Å²) < 4.78 is 468. The fraction of sp³-hybridized carbons (Fsp3) is 0.625. The van der Waals surface area contributed by atoms with Gasteiger partial charge >= 0.3 is 95.3 Å². The van der Waals surface area contributed by atoms with Gasteiger partial charge in [-0.3, -0.25) is 0 Å². The van der Waals surface area contributed by atoms with Crippen molar-refractivity contribution in [1.82, 2.24) is 0 Å². The van der Waals surface area contributed by atoms with E-state index in [-0.39, 0.29) is 37.3 Å². The molecule has 3 aromatic rings. The molecule has 0 bridgehead atoms. The molecule has 37 heteroatoms. The third-order valence-electron chi connectivity index (χ3n) is 11.3. The molecule has 0 unspecified atom stereocenters. The lowest BCUT2D eigenvalue weighted by Crippen LogP contribution is -2.74. The number of aromatic nitrogens is 1. The highest BCUT2D eigenvalue weighted by atomic mass is 32.1. The van der Waals surface area contributed by atoms with E-state index in [0.29, 0.717) is 10.6 Å². The molecule has 0 aliphatic rings. The molecule has 3 rings (SSSR count). The van der Waals surface area contributed by atoms with Crippen molar-refractivity contribution < 1.29 is 159 Å². The summed E-state index contributed by atoms with van der Waals surface area (Å²) in [5.41, 5.74) is 1.39. The largest absolute Gasteiger partial charge is 0.460 e. The van der Waals surface area contributed by atoms with Crippen LogP contribution in [0.3, 0.4) is 0 Å². The molecule has 442 valence electrons. The van der Waals surface area contributed by atoms with Crippen LogP contribution in [0, 0.1) is 6.92 Å². The van der Waals surface area contributed by atoms with Gasteiger partial charge in [-0.05, 0) is 29.5 Å². The van der Waals surface area contributed by atoms with Crippen LogP contribution in [0.2, 0.25) is 0 Å². The van der Waals surface area contributed by atoms with Gasteiger partial charge in [0, 0.05) is 31.7 Å². The summed E-state index contributed by atoms with van der Waals surface area (Å²) in [5, 5.41) is 0. The van der Waals surface area contributed by atoms with E-state index in [2.05, 4.69) is 0 Å². The van der Waals surface area contributed by atoms with Crippen molar-refractivity contribution in [1.29, 1.82) is 0 Å². The van der Waals surface area contributed by atoms with Crippen LogP contribution in [0.4, 0.5) is 149 Å². The zero-order chi connectivity index (χ0) is 60.5. The third-order valence-corrected chi connectivity index (χ3v) is 12.5. The van der Waals surface area contributed by atoms with E-state index in [1.165, 1.54) is 17.0 Å². The summed E-state index contributed by atoms with van der Waals surface area (Å²) in [4.78, 5) is 0.579. The van der Waals surface area contributed by atoms with E-state index in [1.54, 1.807) is 0 Å². The Labute approximate surface area is 410 Å². The average Bonchev–Trinajstić information content (AvgIpc) is 3.62. The van der Waals surface area contributed by atoms with Gasteiger partial charge in [0.2, 0.25) is 5.51 Å². The lowest BCUT2D eigenvalue weighted by Gasteiger charge is -2.42. The minimum atomic E-state index is -8.76. The second kappa shape index (κ2) is 20.6. The maximum Gasteiger partial charge on any atom is 0.460 e. The number of hydrogen-bond donors (Lipinski definition) is 0. The molecule has 0 radical (unpaired) electrons. The Morgan fingerprint density at radius 2 is 0.623 bits per heavy atom. The number of hydrogen-bond acceptors (Lipinski definition) is 2. The highest BCUT2D eigenvalue weighted by Crippen LogP contribution is 2.66. The minimum absolute atomic E-state index is 0.0855. The summed E-state index contributed by atoms with van der Waals surface area (Å²) in [6.45, 7) is 0.975. The summed E-state index contributed by atoms with van der Waals surface area (Å²) in [6.07, 6.45) is -24.0. The average molecular weight is 1220 g/mol. The SMILES string of the molecule is Cc1c(CCOCc2ccc(CCC(F)(F)C(F)(F)C(F)(F)C(F)(F)C(F)(F)C(F)(F)C(F)(F)C(F)(F)F)cc2)sc[n+]1Cc1ccc(CCC(F)(F)C(F)(F)C(F)(F)C(F)(F)C(F)(F)C(F)(F)C(F)(F)C(F)(F)F)cc1. The zero-order valence-corrected chi connectivity index (χ0v) is 37.8. The van der Waals surface area contributed by atoms with Crippen molar-refractivity contribution in [2.45, 2.75) is 147 Å². The van der Waals surface area contributed by atoms with Gasteiger partial charge in [-0.2, -0.15) is 154 Å². The van der Waals surface area contributed by atoms with Crippen LogP contribution in [0.1, 0.15) is 45.7 Å². The standard InChI is InChI=1S/C40H28F34NOS/c1-19-24(12-15-76-17-23-8-4-21(5-9-23)11-14-26(43,44)28(47,48)30(51,52)32(55,56)34(59,60)36(63,64)38(67,68)40(72,73)74)77-18-75(19)16-22-6-2-20(3-7-22)10-13-25(41,42)27(45,46)29(49,50)31(53,54)33(57,58)35(61,62)37(65,66)39(69,70)71/h2-9,18H,10-17H2,1H3/q+1. The molecule has 1 aromatic heterocycles. The number of rotatable bonds is 25. The normalized spacial score (nSPS) is 15.4.